The van der Waals surface area contributed by atoms with Gasteiger partial charge in [-0.3, -0.25) is 14.2 Å². The highest BCUT2D eigenvalue weighted by atomic mass is 32.2. The Hall–Kier alpha value is -3.89. The summed E-state index contributed by atoms with van der Waals surface area (Å²) >= 11 is 1.25. The van der Waals surface area contributed by atoms with Crippen molar-refractivity contribution < 1.29 is 4.79 Å². The average Bonchev–Trinajstić information content (AvgIpc) is 2.90. The predicted octanol–water partition coefficient (Wildman–Crippen LogP) is 5.38. The van der Waals surface area contributed by atoms with E-state index in [2.05, 4.69) is 13.0 Å². The highest BCUT2D eigenvalue weighted by Gasteiger charge is 2.25. The van der Waals surface area contributed by atoms with Crippen molar-refractivity contribution in [3.63, 3.8) is 0 Å². The van der Waals surface area contributed by atoms with Gasteiger partial charge in [-0.1, -0.05) is 61.2 Å². The molecule has 0 spiro atoms. The summed E-state index contributed by atoms with van der Waals surface area (Å²) in [6.07, 6.45) is 1.12. The number of hydrogen-bond donors (Lipinski definition) is 0. The molecule has 0 fully saturated rings. The number of amides is 1. The molecule has 0 N–H and O–H groups in total. The van der Waals surface area contributed by atoms with Crippen LogP contribution in [0.3, 0.4) is 0 Å². The van der Waals surface area contributed by atoms with Crippen molar-refractivity contribution in [1.29, 1.82) is 5.26 Å². The normalized spacial score (nSPS) is 11.7. The number of fused-ring (bicyclic) bond motifs is 1. The average molecular weight is 483 g/mol. The summed E-state index contributed by atoms with van der Waals surface area (Å²) in [5.41, 5.74) is 3.03. The number of aromatic nitrogens is 2. The molecule has 4 rings (SSSR count). The van der Waals surface area contributed by atoms with Gasteiger partial charge in [0.1, 0.15) is 0 Å². The second kappa shape index (κ2) is 11.0. The second-order valence-electron chi connectivity index (χ2n) is 8.07. The van der Waals surface area contributed by atoms with Gasteiger partial charge in [0.25, 0.3) is 5.56 Å². The van der Waals surface area contributed by atoms with E-state index in [0.717, 1.165) is 12.1 Å². The summed E-state index contributed by atoms with van der Waals surface area (Å²) in [6.45, 7) is 4.18. The highest BCUT2D eigenvalue weighted by Crippen LogP contribution is 2.28. The Balaban J connectivity index is 1.75. The summed E-state index contributed by atoms with van der Waals surface area (Å²) in [7, 11) is 0. The number of nitriles is 1. The van der Waals surface area contributed by atoms with Crippen molar-refractivity contribution in [2.45, 2.75) is 37.1 Å². The van der Waals surface area contributed by atoms with Crippen LogP contribution in [0.2, 0.25) is 0 Å². The molecule has 0 saturated carbocycles. The van der Waals surface area contributed by atoms with E-state index in [0.29, 0.717) is 28.3 Å². The van der Waals surface area contributed by atoms with Gasteiger partial charge in [0.05, 0.1) is 34.3 Å². The molecule has 3 aromatic carbocycles. The van der Waals surface area contributed by atoms with E-state index >= 15 is 0 Å². The van der Waals surface area contributed by atoms with Crippen molar-refractivity contribution in [1.82, 2.24) is 9.55 Å². The van der Waals surface area contributed by atoms with Crippen LogP contribution in [0.5, 0.6) is 0 Å². The highest BCUT2D eigenvalue weighted by molar-refractivity contribution is 8.00. The van der Waals surface area contributed by atoms with Crippen molar-refractivity contribution in [2.75, 3.05) is 11.4 Å². The molecule has 0 bridgehead atoms. The number of anilines is 1. The molecule has 1 unspecified atom stereocenters. The third kappa shape index (κ3) is 5.28. The first-order valence-electron chi connectivity index (χ1n) is 11.5. The lowest BCUT2D eigenvalue weighted by atomic mass is 10.1. The molecule has 35 heavy (non-hydrogen) atoms. The largest absolute Gasteiger partial charge is 0.310 e. The molecule has 0 saturated heterocycles. The molecule has 0 radical (unpaired) electrons. The summed E-state index contributed by atoms with van der Waals surface area (Å²) in [4.78, 5) is 33.4. The number of para-hydroxylation sites is 2. The summed E-state index contributed by atoms with van der Waals surface area (Å²) in [6, 6.07) is 26.5. The molecule has 1 heterocycles. The Morgan fingerprint density at radius 3 is 2.43 bits per heavy atom. The van der Waals surface area contributed by atoms with Crippen LogP contribution in [-0.4, -0.2) is 27.3 Å². The lowest BCUT2D eigenvalue weighted by Gasteiger charge is -2.25. The fourth-order valence-electron chi connectivity index (χ4n) is 3.86. The van der Waals surface area contributed by atoms with Gasteiger partial charge in [-0.05, 0) is 55.3 Å². The summed E-state index contributed by atoms with van der Waals surface area (Å²) in [5.74, 6) is -0.147. The minimum atomic E-state index is -0.539. The molecule has 1 amide bonds. The van der Waals surface area contributed by atoms with Crippen LogP contribution in [-0.2, 0) is 11.2 Å². The van der Waals surface area contributed by atoms with E-state index in [1.54, 1.807) is 28.5 Å². The topological polar surface area (TPSA) is 79.0 Å². The number of carbonyl (C=O) groups is 1. The molecule has 176 valence electrons. The molecule has 7 heteroatoms. The maximum atomic E-state index is 13.5. The van der Waals surface area contributed by atoms with Crippen LogP contribution in [0.15, 0.2) is 88.8 Å². The number of aryl methyl sites for hydroxylation is 1. The van der Waals surface area contributed by atoms with Crippen LogP contribution in [0.4, 0.5) is 5.69 Å². The smallest absolute Gasteiger partial charge is 0.266 e. The molecule has 1 atom stereocenters. The number of nitrogens with zero attached hydrogens (tertiary/aromatic N) is 4. The Morgan fingerprint density at radius 2 is 1.74 bits per heavy atom. The van der Waals surface area contributed by atoms with Crippen LogP contribution in [0.25, 0.3) is 16.6 Å². The van der Waals surface area contributed by atoms with Crippen LogP contribution < -0.4 is 10.5 Å². The quantitative estimate of drug-likeness (QED) is 0.249. The molecule has 1 aromatic heterocycles. The first-order valence-corrected chi connectivity index (χ1v) is 12.4. The van der Waals surface area contributed by atoms with Gasteiger partial charge < -0.3 is 4.90 Å². The van der Waals surface area contributed by atoms with E-state index in [4.69, 9.17) is 10.2 Å². The zero-order chi connectivity index (χ0) is 24.8. The minimum absolute atomic E-state index is 0.147. The lowest BCUT2D eigenvalue weighted by Crippen LogP contribution is -2.37. The fourth-order valence-corrected chi connectivity index (χ4v) is 4.85. The van der Waals surface area contributed by atoms with Crippen molar-refractivity contribution >= 4 is 34.3 Å². The van der Waals surface area contributed by atoms with E-state index in [1.807, 2.05) is 66.7 Å². The monoisotopic (exact) mass is 482 g/mol. The third-order valence-corrected chi connectivity index (χ3v) is 6.80. The number of hydrogen-bond acceptors (Lipinski definition) is 5. The molecular weight excluding hydrogens is 456 g/mol. The minimum Gasteiger partial charge on any atom is -0.310 e. The van der Waals surface area contributed by atoms with Gasteiger partial charge in [0.2, 0.25) is 5.91 Å². The van der Waals surface area contributed by atoms with Crippen molar-refractivity contribution in [2.24, 2.45) is 0 Å². The molecule has 6 nitrogen and oxygen atoms in total. The molecule has 0 aliphatic carbocycles. The first-order chi connectivity index (χ1) is 17.0. The van der Waals surface area contributed by atoms with Crippen LogP contribution >= 0.6 is 11.8 Å². The standard InChI is InChI=1S/C28H26N4O2S/c1-3-21-14-16-23(17-15-21)32-27(34)24-12-7-8-13-25(24)30-28(32)35-20(2)26(33)31(19-9-18-29)22-10-5-4-6-11-22/h4-8,10-17,20H,3,9,19H2,1-2H3. The van der Waals surface area contributed by atoms with E-state index in [9.17, 15) is 9.59 Å². The Labute approximate surface area is 208 Å². The SMILES string of the molecule is CCc1ccc(-n2c(SC(C)C(=O)N(CCC#N)c3ccccc3)nc3ccccc3c2=O)cc1. The van der Waals surface area contributed by atoms with E-state index in [1.165, 1.54) is 17.3 Å². The van der Waals surface area contributed by atoms with Gasteiger partial charge in [-0.25, -0.2) is 4.98 Å². The maximum Gasteiger partial charge on any atom is 0.266 e. The Morgan fingerprint density at radius 1 is 1.06 bits per heavy atom. The molecular formula is C28H26N4O2S. The van der Waals surface area contributed by atoms with Gasteiger partial charge in [-0.15, -0.1) is 0 Å². The van der Waals surface area contributed by atoms with Gasteiger partial charge in [0.15, 0.2) is 5.16 Å². The lowest BCUT2D eigenvalue weighted by molar-refractivity contribution is -0.117. The Bertz CT molecular complexity index is 1430. The van der Waals surface area contributed by atoms with E-state index < -0.39 is 5.25 Å². The zero-order valence-corrected chi connectivity index (χ0v) is 20.5. The summed E-state index contributed by atoms with van der Waals surface area (Å²) < 4.78 is 1.58. The van der Waals surface area contributed by atoms with Gasteiger partial charge >= 0.3 is 0 Å². The van der Waals surface area contributed by atoms with Crippen LogP contribution in [0, 0.1) is 11.3 Å². The number of carbonyl (C=O) groups excluding carboxylic acids is 1. The molecule has 4 aromatic rings. The van der Waals surface area contributed by atoms with Crippen molar-refractivity contribution in [3.05, 3.63) is 94.8 Å². The third-order valence-electron chi connectivity index (χ3n) is 5.76. The van der Waals surface area contributed by atoms with E-state index in [-0.39, 0.29) is 17.9 Å². The zero-order valence-electron chi connectivity index (χ0n) is 19.7. The molecule has 0 aliphatic heterocycles. The number of benzene rings is 3. The predicted molar refractivity (Wildman–Crippen MR) is 141 cm³/mol. The van der Waals surface area contributed by atoms with Gasteiger partial charge in [0, 0.05) is 12.2 Å². The van der Waals surface area contributed by atoms with Crippen molar-refractivity contribution in [3.8, 4) is 11.8 Å². The summed E-state index contributed by atoms with van der Waals surface area (Å²) in [5, 5.41) is 9.54. The molecule has 0 aliphatic rings. The first kappa shape index (κ1) is 24.2. The fraction of sp³-hybridized carbons (Fsp3) is 0.214. The van der Waals surface area contributed by atoms with Crippen LogP contribution in [0.1, 0.15) is 25.8 Å². The Kier molecular flexibility index (Phi) is 7.64. The maximum absolute atomic E-state index is 13.5. The number of rotatable bonds is 8. The van der Waals surface area contributed by atoms with Gasteiger partial charge in [-0.2, -0.15) is 5.26 Å². The number of thioether (sulfide) groups is 1. The second-order valence-corrected chi connectivity index (χ2v) is 9.37.